The van der Waals surface area contributed by atoms with Crippen molar-refractivity contribution in [1.29, 1.82) is 0 Å². The molecule has 0 aliphatic carbocycles. The molecule has 106 valence electrons. The summed E-state index contributed by atoms with van der Waals surface area (Å²) in [7, 11) is 0. The van der Waals surface area contributed by atoms with Gasteiger partial charge >= 0.3 is 0 Å². The van der Waals surface area contributed by atoms with Crippen LogP contribution in [0.25, 0.3) is 0 Å². The van der Waals surface area contributed by atoms with E-state index in [0.717, 1.165) is 45.2 Å². The predicted molar refractivity (Wildman–Crippen MR) is 78.4 cm³/mol. The quantitative estimate of drug-likeness (QED) is 0.824. The molecule has 1 saturated heterocycles. The Morgan fingerprint density at radius 3 is 2.53 bits per heavy atom. The van der Waals surface area contributed by atoms with Crippen molar-refractivity contribution < 1.29 is 0 Å². The lowest BCUT2D eigenvalue weighted by atomic mass is 10.1. The summed E-state index contributed by atoms with van der Waals surface area (Å²) in [5.74, 6) is 1.57. The third-order valence-electron chi connectivity index (χ3n) is 3.52. The molecule has 5 nitrogen and oxygen atoms in total. The highest BCUT2D eigenvalue weighted by atomic mass is 15.3. The summed E-state index contributed by atoms with van der Waals surface area (Å²) >= 11 is 0. The van der Waals surface area contributed by atoms with Gasteiger partial charge in [0.2, 0.25) is 5.95 Å². The van der Waals surface area contributed by atoms with Gasteiger partial charge in [0.05, 0.1) is 0 Å². The first-order valence-electron chi connectivity index (χ1n) is 7.24. The predicted octanol–water partition coefficient (Wildman–Crippen LogP) is 0.844. The molecular weight excluding hydrogens is 238 g/mol. The summed E-state index contributed by atoms with van der Waals surface area (Å²) in [5, 5.41) is 3.42. The zero-order valence-electron chi connectivity index (χ0n) is 12.0. The second-order valence-electron chi connectivity index (χ2n) is 5.25. The summed E-state index contributed by atoms with van der Waals surface area (Å²) in [6.45, 7) is 12.1. The molecule has 0 amide bonds. The standard InChI is InChI=1S/C14H25N5/c1-3-15-11-13(2)12-18-7-9-19(10-8-18)14-16-5-4-6-17-14/h4-6,13,15H,3,7-12H2,1-2H3. The highest BCUT2D eigenvalue weighted by molar-refractivity contribution is 5.29. The van der Waals surface area contributed by atoms with Crippen LogP contribution in [0.3, 0.4) is 0 Å². The fourth-order valence-electron chi connectivity index (χ4n) is 2.48. The molecule has 5 heteroatoms. The van der Waals surface area contributed by atoms with Gasteiger partial charge in [-0.25, -0.2) is 9.97 Å². The first-order chi connectivity index (χ1) is 9.29. The summed E-state index contributed by atoms with van der Waals surface area (Å²) in [6.07, 6.45) is 3.63. The number of anilines is 1. The molecule has 1 aliphatic rings. The van der Waals surface area contributed by atoms with Gasteiger partial charge in [-0.2, -0.15) is 0 Å². The van der Waals surface area contributed by atoms with Crippen molar-refractivity contribution in [3.05, 3.63) is 18.5 Å². The van der Waals surface area contributed by atoms with Crippen molar-refractivity contribution in [2.75, 3.05) is 50.7 Å². The molecule has 0 bridgehead atoms. The molecule has 1 fully saturated rings. The van der Waals surface area contributed by atoms with Crippen molar-refractivity contribution in [2.45, 2.75) is 13.8 Å². The van der Waals surface area contributed by atoms with E-state index in [-0.39, 0.29) is 0 Å². The molecule has 1 aromatic heterocycles. The zero-order chi connectivity index (χ0) is 13.5. The second-order valence-corrected chi connectivity index (χ2v) is 5.25. The molecule has 0 aromatic carbocycles. The van der Waals surface area contributed by atoms with Gasteiger partial charge in [0.15, 0.2) is 0 Å². The second kappa shape index (κ2) is 7.40. The van der Waals surface area contributed by atoms with Gasteiger partial charge in [-0.15, -0.1) is 0 Å². The molecule has 19 heavy (non-hydrogen) atoms. The number of hydrogen-bond donors (Lipinski definition) is 1. The third-order valence-corrected chi connectivity index (χ3v) is 3.52. The molecule has 2 heterocycles. The molecule has 1 N–H and O–H groups in total. The summed E-state index contributed by atoms with van der Waals surface area (Å²) < 4.78 is 0. The lowest BCUT2D eigenvalue weighted by molar-refractivity contribution is 0.222. The minimum atomic E-state index is 0.708. The van der Waals surface area contributed by atoms with Gasteiger partial charge < -0.3 is 10.2 Å². The molecule has 1 atom stereocenters. The minimum Gasteiger partial charge on any atom is -0.338 e. The number of hydrogen-bond acceptors (Lipinski definition) is 5. The Morgan fingerprint density at radius 1 is 1.21 bits per heavy atom. The van der Waals surface area contributed by atoms with E-state index in [1.807, 2.05) is 18.5 Å². The molecular formula is C14H25N5. The molecule has 1 aliphatic heterocycles. The molecule has 1 unspecified atom stereocenters. The SMILES string of the molecule is CCNCC(C)CN1CCN(c2ncccn2)CC1. The van der Waals surface area contributed by atoms with E-state index in [2.05, 4.69) is 38.9 Å². The van der Waals surface area contributed by atoms with Gasteiger partial charge in [-0.1, -0.05) is 13.8 Å². The van der Waals surface area contributed by atoms with E-state index in [1.165, 1.54) is 6.54 Å². The van der Waals surface area contributed by atoms with Crippen LogP contribution in [-0.4, -0.2) is 60.7 Å². The van der Waals surface area contributed by atoms with Crippen molar-refractivity contribution >= 4 is 5.95 Å². The lowest BCUT2D eigenvalue weighted by Crippen LogP contribution is -2.48. The smallest absolute Gasteiger partial charge is 0.225 e. The van der Waals surface area contributed by atoms with Crippen molar-refractivity contribution in [3.8, 4) is 0 Å². The monoisotopic (exact) mass is 263 g/mol. The summed E-state index contributed by atoms with van der Waals surface area (Å²) in [4.78, 5) is 13.4. The van der Waals surface area contributed by atoms with Crippen LogP contribution >= 0.6 is 0 Å². The fraction of sp³-hybridized carbons (Fsp3) is 0.714. The maximum atomic E-state index is 4.32. The minimum absolute atomic E-state index is 0.708. The van der Waals surface area contributed by atoms with Crippen LogP contribution in [0, 0.1) is 5.92 Å². The molecule has 0 radical (unpaired) electrons. The Morgan fingerprint density at radius 2 is 1.89 bits per heavy atom. The van der Waals surface area contributed by atoms with Gasteiger partial charge in [0.25, 0.3) is 0 Å². The highest BCUT2D eigenvalue weighted by Crippen LogP contribution is 2.10. The Hall–Kier alpha value is -1.20. The van der Waals surface area contributed by atoms with Crippen molar-refractivity contribution in [3.63, 3.8) is 0 Å². The summed E-state index contributed by atoms with van der Waals surface area (Å²) in [6, 6.07) is 1.86. The van der Waals surface area contributed by atoms with Crippen LogP contribution in [0.5, 0.6) is 0 Å². The average molecular weight is 263 g/mol. The van der Waals surface area contributed by atoms with Gasteiger partial charge in [-0.05, 0) is 25.1 Å². The number of nitrogens with one attached hydrogen (secondary N) is 1. The van der Waals surface area contributed by atoms with Crippen LogP contribution in [0.15, 0.2) is 18.5 Å². The van der Waals surface area contributed by atoms with Crippen molar-refractivity contribution in [1.82, 2.24) is 20.2 Å². The Balaban J connectivity index is 1.73. The Bertz CT molecular complexity index is 348. The number of rotatable bonds is 6. The summed E-state index contributed by atoms with van der Waals surface area (Å²) in [5.41, 5.74) is 0. The number of aromatic nitrogens is 2. The van der Waals surface area contributed by atoms with E-state index < -0.39 is 0 Å². The third kappa shape index (κ3) is 4.44. The van der Waals surface area contributed by atoms with Crippen LogP contribution < -0.4 is 10.2 Å². The first-order valence-corrected chi connectivity index (χ1v) is 7.24. The number of nitrogens with zero attached hydrogens (tertiary/aromatic N) is 4. The van der Waals surface area contributed by atoms with E-state index in [1.54, 1.807) is 0 Å². The van der Waals surface area contributed by atoms with E-state index in [9.17, 15) is 0 Å². The van der Waals surface area contributed by atoms with Crippen LogP contribution in [0.4, 0.5) is 5.95 Å². The number of piperazine rings is 1. The van der Waals surface area contributed by atoms with Gasteiger partial charge in [0, 0.05) is 45.1 Å². The molecule has 0 spiro atoms. The Labute approximate surface area is 116 Å². The van der Waals surface area contributed by atoms with Crippen molar-refractivity contribution in [2.24, 2.45) is 5.92 Å². The topological polar surface area (TPSA) is 44.3 Å². The maximum Gasteiger partial charge on any atom is 0.225 e. The lowest BCUT2D eigenvalue weighted by Gasteiger charge is -2.35. The van der Waals surface area contributed by atoms with E-state index in [0.29, 0.717) is 5.92 Å². The van der Waals surface area contributed by atoms with Crippen LogP contribution in [-0.2, 0) is 0 Å². The maximum absolute atomic E-state index is 4.32. The highest BCUT2D eigenvalue weighted by Gasteiger charge is 2.19. The first kappa shape index (κ1) is 14.2. The van der Waals surface area contributed by atoms with Gasteiger partial charge in [-0.3, -0.25) is 4.90 Å². The largest absolute Gasteiger partial charge is 0.338 e. The molecule has 1 aromatic rings. The van der Waals surface area contributed by atoms with Crippen LogP contribution in [0.1, 0.15) is 13.8 Å². The van der Waals surface area contributed by atoms with Crippen LogP contribution in [0.2, 0.25) is 0 Å². The fourth-order valence-corrected chi connectivity index (χ4v) is 2.48. The Kier molecular flexibility index (Phi) is 5.54. The van der Waals surface area contributed by atoms with E-state index in [4.69, 9.17) is 0 Å². The average Bonchev–Trinajstić information content (AvgIpc) is 2.47. The zero-order valence-corrected chi connectivity index (χ0v) is 12.0. The van der Waals surface area contributed by atoms with E-state index >= 15 is 0 Å². The molecule has 0 saturated carbocycles. The van der Waals surface area contributed by atoms with Gasteiger partial charge in [0.1, 0.15) is 0 Å². The normalized spacial score (nSPS) is 18.5. The molecule has 2 rings (SSSR count).